The molecular formula is C10H15ClN4O. The van der Waals surface area contributed by atoms with Crippen molar-refractivity contribution in [1.82, 2.24) is 9.88 Å². The highest BCUT2D eigenvalue weighted by Crippen LogP contribution is 2.17. The lowest BCUT2D eigenvalue weighted by Crippen LogP contribution is -2.24. The lowest BCUT2D eigenvalue weighted by molar-refractivity contribution is -0.128. The van der Waals surface area contributed by atoms with Gasteiger partial charge in [-0.3, -0.25) is 4.79 Å². The molecule has 88 valence electrons. The van der Waals surface area contributed by atoms with Crippen LogP contribution in [0.1, 0.15) is 6.42 Å². The first kappa shape index (κ1) is 12.6. The third kappa shape index (κ3) is 3.58. The van der Waals surface area contributed by atoms with Gasteiger partial charge in [0.05, 0.1) is 5.69 Å². The van der Waals surface area contributed by atoms with Crippen molar-refractivity contribution in [2.75, 3.05) is 31.7 Å². The van der Waals surface area contributed by atoms with E-state index < -0.39 is 0 Å². The highest BCUT2D eigenvalue weighted by atomic mass is 35.5. The van der Waals surface area contributed by atoms with E-state index in [0.29, 0.717) is 29.6 Å². The van der Waals surface area contributed by atoms with Crippen LogP contribution < -0.4 is 11.1 Å². The van der Waals surface area contributed by atoms with Crippen LogP contribution in [0.4, 0.5) is 11.5 Å². The Labute approximate surface area is 99.6 Å². The fraction of sp³-hybridized carbons (Fsp3) is 0.400. The largest absolute Gasteiger partial charge is 0.396 e. The van der Waals surface area contributed by atoms with E-state index in [0.717, 1.165) is 0 Å². The molecule has 16 heavy (non-hydrogen) atoms. The predicted octanol–water partition coefficient (Wildman–Crippen LogP) is 1.21. The maximum Gasteiger partial charge on any atom is 0.223 e. The van der Waals surface area contributed by atoms with Crippen LogP contribution in [-0.4, -0.2) is 36.4 Å². The lowest BCUT2D eigenvalue weighted by atomic mass is 10.3. The summed E-state index contributed by atoms with van der Waals surface area (Å²) in [5.74, 6) is 0.562. The number of halogens is 1. The van der Waals surface area contributed by atoms with E-state index in [1.807, 2.05) is 0 Å². The monoisotopic (exact) mass is 242 g/mol. The molecule has 1 heterocycles. The topological polar surface area (TPSA) is 71.2 Å². The molecule has 1 rings (SSSR count). The third-order valence-electron chi connectivity index (χ3n) is 2.02. The van der Waals surface area contributed by atoms with Crippen molar-refractivity contribution in [3.05, 3.63) is 17.3 Å². The van der Waals surface area contributed by atoms with Gasteiger partial charge in [-0.05, 0) is 12.1 Å². The fourth-order valence-corrected chi connectivity index (χ4v) is 1.25. The summed E-state index contributed by atoms with van der Waals surface area (Å²) in [5, 5.41) is 3.34. The Bertz CT molecular complexity index is 381. The molecular weight excluding hydrogens is 228 g/mol. The Hall–Kier alpha value is -1.49. The number of rotatable bonds is 4. The molecule has 0 unspecified atom stereocenters. The molecule has 1 aromatic rings. The van der Waals surface area contributed by atoms with Crippen LogP contribution >= 0.6 is 11.6 Å². The van der Waals surface area contributed by atoms with Crippen molar-refractivity contribution in [1.29, 1.82) is 0 Å². The summed E-state index contributed by atoms with van der Waals surface area (Å²) in [5.41, 5.74) is 6.20. The average molecular weight is 243 g/mol. The number of carbonyl (C=O) groups excluding carboxylic acids is 1. The van der Waals surface area contributed by atoms with Crippen molar-refractivity contribution < 1.29 is 4.79 Å². The molecule has 0 atom stereocenters. The minimum absolute atomic E-state index is 0.0492. The van der Waals surface area contributed by atoms with Crippen LogP contribution in [0.2, 0.25) is 5.15 Å². The maximum absolute atomic E-state index is 11.3. The van der Waals surface area contributed by atoms with Crippen LogP contribution in [0.25, 0.3) is 0 Å². The minimum atomic E-state index is 0.0492. The summed E-state index contributed by atoms with van der Waals surface area (Å²) in [4.78, 5) is 16.9. The quantitative estimate of drug-likeness (QED) is 0.779. The first-order valence-electron chi connectivity index (χ1n) is 4.86. The van der Waals surface area contributed by atoms with Crippen molar-refractivity contribution in [3.8, 4) is 0 Å². The molecule has 0 fully saturated rings. The second-order valence-electron chi connectivity index (χ2n) is 3.54. The second-order valence-corrected chi connectivity index (χ2v) is 3.92. The van der Waals surface area contributed by atoms with Gasteiger partial charge in [0.1, 0.15) is 5.15 Å². The Balaban J connectivity index is 2.49. The van der Waals surface area contributed by atoms with Crippen LogP contribution in [0, 0.1) is 0 Å². The standard InChI is InChI=1S/C10H15ClN4O/c1-15(2)9(16)5-6-13-10-7(12)3-4-8(11)14-10/h3-4H,5-6,12H2,1-2H3,(H,13,14). The highest BCUT2D eigenvalue weighted by molar-refractivity contribution is 6.29. The molecule has 1 amide bonds. The van der Waals surface area contributed by atoms with Gasteiger partial charge < -0.3 is 16.0 Å². The summed E-state index contributed by atoms with van der Waals surface area (Å²) in [6, 6.07) is 3.29. The van der Waals surface area contributed by atoms with Gasteiger partial charge in [0, 0.05) is 27.1 Å². The van der Waals surface area contributed by atoms with Crippen LogP contribution in [0.5, 0.6) is 0 Å². The van der Waals surface area contributed by atoms with E-state index in [1.165, 1.54) is 4.90 Å². The molecule has 5 nitrogen and oxygen atoms in total. The SMILES string of the molecule is CN(C)C(=O)CCNc1nc(Cl)ccc1N. The number of nitrogens with two attached hydrogens (primary N) is 1. The number of amides is 1. The lowest BCUT2D eigenvalue weighted by Gasteiger charge is -2.11. The Kier molecular flexibility index (Phi) is 4.37. The summed E-state index contributed by atoms with van der Waals surface area (Å²) in [6.07, 6.45) is 0.390. The number of anilines is 2. The summed E-state index contributed by atoms with van der Waals surface area (Å²) < 4.78 is 0. The van der Waals surface area contributed by atoms with E-state index in [4.69, 9.17) is 17.3 Å². The van der Waals surface area contributed by atoms with Crippen LogP contribution in [-0.2, 0) is 4.79 Å². The zero-order valence-corrected chi connectivity index (χ0v) is 10.1. The molecule has 1 aromatic heterocycles. The molecule has 0 bridgehead atoms. The minimum Gasteiger partial charge on any atom is -0.396 e. The molecule has 0 aromatic carbocycles. The van der Waals surface area contributed by atoms with Gasteiger partial charge in [-0.25, -0.2) is 4.98 Å². The van der Waals surface area contributed by atoms with Gasteiger partial charge in [-0.15, -0.1) is 0 Å². The van der Waals surface area contributed by atoms with E-state index in [2.05, 4.69) is 10.3 Å². The third-order valence-corrected chi connectivity index (χ3v) is 2.23. The second kappa shape index (κ2) is 5.55. The number of nitrogens with zero attached hydrogens (tertiary/aromatic N) is 2. The molecule has 0 aliphatic rings. The summed E-state index contributed by atoms with van der Waals surface area (Å²) >= 11 is 5.73. The van der Waals surface area contributed by atoms with E-state index in [1.54, 1.807) is 26.2 Å². The van der Waals surface area contributed by atoms with Crippen molar-refractivity contribution in [2.45, 2.75) is 6.42 Å². The molecule has 0 spiro atoms. The van der Waals surface area contributed by atoms with Gasteiger partial charge in [-0.2, -0.15) is 0 Å². The van der Waals surface area contributed by atoms with E-state index in [9.17, 15) is 4.79 Å². The van der Waals surface area contributed by atoms with E-state index in [-0.39, 0.29) is 5.91 Å². The van der Waals surface area contributed by atoms with Crippen LogP contribution in [0.3, 0.4) is 0 Å². The van der Waals surface area contributed by atoms with Crippen LogP contribution in [0.15, 0.2) is 12.1 Å². The smallest absolute Gasteiger partial charge is 0.223 e. The number of carbonyl (C=O) groups is 1. The first-order chi connectivity index (χ1) is 7.50. The Morgan fingerprint density at radius 2 is 2.25 bits per heavy atom. The molecule has 0 aliphatic carbocycles. The molecule has 0 aliphatic heterocycles. The first-order valence-corrected chi connectivity index (χ1v) is 5.24. The van der Waals surface area contributed by atoms with Gasteiger partial charge in [0.2, 0.25) is 5.91 Å². The number of nitrogen functional groups attached to an aromatic ring is 1. The average Bonchev–Trinajstić information content (AvgIpc) is 2.22. The Morgan fingerprint density at radius 1 is 1.56 bits per heavy atom. The van der Waals surface area contributed by atoms with Crippen molar-refractivity contribution in [2.24, 2.45) is 0 Å². The number of nitrogens with one attached hydrogen (secondary N) is 1. The number of hydrogen-bond donors (Lipinski definition) is 2. The predicted molar refractivity (Wildman–Crippen MR) is 65.5 cm³/mol. The van der Waals surface area contributed by atoms with E-state index >= 15 is 0 Å². The fourth-order valence-electron chi connectivity index (χ4n) is 1.10. The molecule has 0 radical (unpaired) electrons. The van der Waals surface area contributed by atoms with Gasteiger partial charge in [0.25, 0.3) is 0 Å². The van der Waals surface area contributed by atoms with Crippen molar-refractivity contribution in [3.63, 3.8) is 0 Å². The number of aromatic nitrogens is 1. The zero-order chi connectivity index (χ0) is 12.1. The molecule has 3 N–H and O–H groups in total. The maximum atomic E-state index is 11.3. The van der Waals surface area contributed by atoms with Gasteiger partial charge in [-0.1, -0.05) is 11.6 Å². The normalized spacial score (nSPS) is 9.94. The summed E-state index contributed by atoms with van der Waals surface area (Å²) in [6.45, 7) is 0.481. The molecule has 0 saturated carbocycles. The molecule has 0 saturated heterocycles. The summed E-state index contributed by atoms with van der Waals surface area (Å²) in [7, 11) is 3.43. The van der Waals surface area contributed by atoms with Gasteiger partial charge >= 0.3 is 0 Å². The van der Waals surface area contributed by atoms with Crippen molar-refractivity contribution >= 4 is 29.0 Å². The molecule has 6 heteroatoms. The highest BCUT2D eigenvalue weighted by Gasteiger charge is 2.05. The Morgan fingerprint density at radius 3 is 2.88 bits per heavy atom. The van der Waals surface area contributed by atoms with Gasteiger partial charge in [0.15, 0.2) is 5.82 Å². The zero-order valence-electron chi connectivity index (χ0n) is 9.33. The number of pyridine rings is 1. The number of hydrogen-bond acceptors (Lipinski definition) is 4.